The molecular formula is C19H13ClN2OS. The monoisotopic (exact) mass is 352 g/mol. The molecule has 3 rings (SSSR count). The highest BCUT2D eigenvalue weighted by Crippen LogP contribution is 2.35. The first-order chi connectivity index (χ1) is 11.7. The molecule has 0 N–H and O–H groups in total. The summed E-state index contributed by atoms with van der Waals surface area (Å²) in [7, 11) is 0. The van der Waals surface area contributed by atoms with E-state index in [0.29, 0.717) is 16.5 Å². The van der Waals surface area contributed by atoms with E-state index in [1.807, 2.05) is 35.7 Å². The third-order valence-electron chi connectivity index (χ3n) is 3.36. The van der Waals surface area contributed by atoms with Crippen molar-refractivity contribution in [2.24, 2.45) is 0 Å². The summed E-state index contributed by atoms with van der Waals surface area (Å²) >= 11 is 7.56. The molecule has 2 heterocycles. The SMILES string of the molecule is C=CCOc1nc(-c2cccs2)cc(-c2ccc(Cl)cc2)c1C#N. The lowest BCUT2D eigenvalue weighted by Gasteiger charge is -2.12. The zero-order valence-electron chi connectivity index (χ0n) is 12.7. The van der Waals surface area contributed by atoms with Gasteiger partial charge in [0.2, 0.25) is 5.88 Å². The summed E-state index contributed by atoms with van der Waals surface area (Å²) in [5, 5.41) is 12.3. The first-order valence-corrected chi connectivity index (χ1v) is 8.47. The van der Waals surface area contributed by atoms with Gasteiger partial charge >= 0.3 is 0 Å². The van der Waals surface area contributed by atoms with Gasteiger partial charge < -0.3 is 4.74 Å². The fourth-order valence-corrected chi connectivity index (χ4v) is 3.09. The van der Waals surface area contributed by atoms with Crippen LogP contribution in [0.2, 0.25) is 5.02 Å². The van der Waals surface area contributed by atoms with E-state index in [1.54, 1.807) is 29.5 Å². The van der Waals surface area contributed by atoms with Crippen molar-refractivity contribution in [3.05, 3.63) is 71.1 Å². The molecule has 0 amide bonds. The Morgan fingerprint density at radius 2 is 2.08 bits per heavy atom. The van der Waals surface area contributed by atoms with Crippen LogP contribution in [0.1, 0.15) is 5.56 Å². The molecule has 118 valence electrons. The molecule has 0 aliphatic rings. The van der Waals surface area contributed by atoms with Gasteiger partial charge in [-0.25, -0.2) is 4.98 Å². The van der Waals surface area contributed by atoms with Crippen LogP contribution in [-0.4, -0.2) is 11.6 Å². The molecule has 3 aromatic rings. The van der Waals surface area contributed by atoms with E-state index in [-0.39, 0.29) is 6.61 Å². The Balaban J connectivity index is 2.21. The Morgan fingerprint density at radius 3 is 2.71 bits per heavy atom. The number of ether oxygens (including phenoxy) is 1. The average Bonchev–Trinajstić information content (AvgIpc) is 3.14. The number of halogens is 1. The molecule has 0 saturated carbocycles. The zero-order valence-corrected chi connectivity index (χ0v) is 14.3. The van der Waals surface area contributed by atoms with E-state index < -0.39 is 0 Å². The minimum Gasteiger partial charge on any atom is -0.472 e. The molecule has 0 spiro atoms. The molecule has 0 radical (unpaired) electrons. The van der Waals surface area contributed by atoms with Crippen LogP contribution in [0.5, 0.6) is 5.88 Å². The molecule has 5 heteroatoms. The van der Waals surface area contributed by atoms with Gasteiger partial charge in [-0.1, -0.05) is 42.5 Å². The van der Waals surface area contributed by atoms with Gasteiger partial charge in [-0.15, -0.1) is 11.3 Å². The van der Waals surface area contributed by atoms with Crippen molar-refractivity contribution in [1.29, 1.82) is 5.26 Å². The van der Waals surface area contributed by atoms with Crippen LogP contribution in [0.25, 0.3) is 21.7 Å². The van der Waals surface area contributed by atoms with Crippen molar-refractivity contribution in [1.82, 2.24) is 4.98 Å². The summed E-state index contributed by atoms with van der Waals surface area (Å²) in [6.07, 6.45) is 1.63. The lowest BCUT2D eigenvalue weighted by atomic mass is 10.0. The van der Waals surface area contributed by atoms with Gasteiger partial charge in [-0.3, -0.25) is 0 Å². The molecule has 2 aromatic heterocycles. The quantitative estimate of drug-likeness (QED) is 0.564. The fourth-order valence-electron chi connectivity index (χ4n) is 2.28. The van der Waals surface area contributed by atoms with Crippen LogP contribution < -0.4 is 4.74 Å². The second-order valence-corrected chi connectivity index (χ2v) is 6.32. The van der Waals surface area contributed by atoms with Crippen LogP contribution in [0.4, 0.5) is 0 Å². The van der Waals surface area contributed by atoms with Gasteiger partial charge in [-0.2, -0.15) is 5.26 Å². The van der Waals surface area contributed by atoms with E-state index >= 15 is 0 Å². The molecular weight excluding hydrogens is 340 g/mol. The highest BCUT2D eigenvalue weighted by molar-refractivity contribution is 7.13. The second-order valence-electron chi connectivity index (χ2n) is 4.93. The Labute approximate surface area is 149 Å². The summed E-state index contributed by atoms with van der Waals surface area (Å²) in [6.45, 7) is 3.93. The number of benzene rings is 1. The fraction of sp³-hybridized carbons (Fsp3) is 0.0526. The number of rotatable bonds is 5. The Hall–Kier alpha value is -2.61. The lowest BCUT2D eigenvalue weighted by molar-refractivity contribution is 0.348. The number of pyridine rings is 1. The van der Waals surface area contributed by atoms with Gasteiger partial charge in [0.25, 0.3) is 0 Å². The van der Waals surface area contributed by atoms with Gasteiger partial charge in [0.05, 0.1) is 10.6 Å². The Morgan fingerprint density at radius 1 is 1.29 bits per heavy atom. The van der Waals surface area contributed by atoms with E-state index in [0.717, 1.165) is 21.7 Å². The number of thiophene rings is 1. The topological polar surface area (TPSA) is 45.9 Å². The molecule has 3 nitrogen and oxygen atoms in total. The summed E-state index contributed by atoms with van der Waals surface area (Å²) in [5.74, 6) is 0.313. The van der Waals surface area contributed by atoms with Crippen molar-refractivity contribution >= 4 is 22.9 Å². The molecule has 0 aliphatic heterocycles. The predicted octanol–water partition coefficient (Wildman–Crippen LogP) is 5.57. The third kappa shape index (κ3) is 3.33. The summed E-state index contributed by atoms with van der Waals surface area (Å²) in [4.78, 5) is 5.53. The Bertz CT molecular complexity index is 896. The number of hydrogen-bond donors (Lipinski definition) is 0. The lowest BCUT2D eigenvalue weighted by Crippen LogP contribution is -2.01. The van der Waals surface area contributed by atoms with E-state index in [2.05, 4.69) is 17.6 Å². The normalized spacial score (nSPS) is 10.2. The average molecular weight is 353 g/mol. The van der Waals surface area contributed by atoms with Gasteiger partial charge in [-0.05, 0) is 35.2 Å². The van der Waals surface area contributed by atoms with Crippen LogP contribution in [0, 0.1) is 11.3 Å². The van der Waals surface area contributed by atoms with Crippen LogP contribution in [0.3, 0.4) is 0 Å². The van der Waals surface area contributed by atoms with Gasteiger partial charge in [0.15, 0.2) is 0 Å². The number of nitriles is 1. The highest BCUT2D eigenvalue weighted by Gasteiger charge is 2.16. The van der Waals surface area contributed by atoms with Crippen molar-refractivity contribution < 1.29 is 4.74 Å². The largest absolute Gasteiger partial charge is 0.472 e. The standard InChI is InChI=1S/C19H13ClN2OS/c1-2-9-23-19-16(12-21)15(13-5-7-14(20)8-6-13)11-17(22-19)18-4-3-10-24-18/h2-8,10-11H,1,9H2. The van der Waals surface area contributed by atoms with E-state index in [4.69, 9.17) is 16.3 Å². The molecule has 0 aliphatic carbocycles. The summed E-state index contributed by atoms with van der Waals surface area (Å²) in [5.41, 5.74) is 2.83. The van der Waals surface area contributed by atoms with Crippen LogP contribution >= 0.6 is 22.9 Å². The first-order valence-electron chi connectivity index (χ1n) is 7.21. The van der Waals surface area contributed by atoms with E-state index in [9.17, 15) is 5.26 Å². The smallest absolute Gasteiger partial charge is 0.233 e. The number of nitrogens with zero attached hydrogens (tertiary/aromatic N) is 2. The van der Waals surface area contributed by atoms with Crippen molar-refractivity contribution in [2.75, 3.05) is 6.61 Å². The van der Waals surface area contributed by atoms with Crippen LogP contribution in [-0.2, 0) is 0 Å². The maximum absolute atomic E-state index is 9.62. The first kappa shape index (κ1) is 16.3. The van der Waals surface area contributed by atoms with E-state index in [1.165, 1.54) is 0 Å². The molecule has 0 saturated heterocycles. The summed E-state index contributed by atoms with van der Waals surface area (Å²) < 4.78 is 5.63. The molecule has 1 aromatic carbocycles. The van der Waals surface area contributed by atoms with Gasteiger partial charge in [0, 0.05) is 10.6 Å². The predicted molar refractivity (Wildman–Crippen MR) is 98.4 cm³/mol. The van der Waals surface area contributed by atoms with Crippen molar-refractivity contribution in [2.45, 2.75) is 0 Å². The summed E-state index contributed by atoms with van der Waals surface area (Å²) in [6, 6.07) is 15.4. The third-order valence-corrected chi connectivity index (χ3v) is 4.51. The zero-order chi connectivity index (χ0) is 16.9. The second kappa shape index (κ2) is 7.31. The molecule has 0 unspecified atom stereocenters. The van der Waals surface area contributed by atoms with Gasteiger partial charge in [0.1, 0.15) is 18.2 Å². The maximum atomic E-state index is 9.62. The highest BCUT2D eigenvalue weighted by atomic mass is 35.5. The van der Waals surface area contributed by atoms with Crippen molar-refractivity contribution in [3.8, 4) is 33.6 Å². The maximum Gasteiger partial charge on any atom is 0.233 e. The molecule has 0 bridgehead atoms. The molecule has 24 heavy (non-hydrogen) atoms. The number of hydrogen-bond acceptors (Lipinski definition) is 4. The van der Waals surface area contributed by atoms with Crippen LogP contribution in [0.15, 0.2) is 60.5 Å². The Kier molecular flexibility index (Phi) is 4.95. The minimum absolute atomic E-state index is 0.287. The minimum atomic E-state index is 0.287. The molecule has 0 atom stereocenters. The van der Waals surface area contributed by atoms with Crippen molar-refractivity contribution in [3.63, 3.8) is 0 Å². The number of aromatic nitrogens is 1. The molecule has 0 fully saturated rings.